The number of nitrogens with zero attached hydrogens (tertiary/aromatic N) is 5. The molecule has 1 aliphatic heterocycles. The summed E-state index contributed by atoms with van der Waals surface area (Å²) in [6.07, 6.45) is 0.807. The highest BCUT2D eigenvalue weighted by Gasteiger charge is 2.32. The highest BCUT2D eigenvalue weighted by molar-refractivity contribution is 7.15. The number of fused-ring (bicyclic) bond motifs is 1. The van der Waals surface area contributed by atoms with Crippen LogP contribution in [0.2, 0.25) is 0 Å². The highest BCUT2D eigenvalue weighted by atomic mass is 32.1. The molecule has 0 bridgehead atoms. The SMILES string of the molecule is C[C@@H](NC(=O)c1cc2c(cn1)ncn2[C@@H]1CCN(C(=O)OC(C)(C)C)C1)c1cnc(Nc2ccc(C(F)(F)F)cc2)s1. The number of carbonyl (C=O) groups is 2. The molecule has 0 saturated carbocycles. The number of likely N-dealkylation sites (tertiary alicyclic amines) is 1. The van der Waals surface area contributed by atoms with Crippen molar-refractivity contribution in [3.05, 3.63) is 65.2 Å². The summed E-state index contributed by atoms with van der Waals surface area (Å²) in [4.78, 5) is 41.0. The number of hydrogen-bond acceptors (Lipinski definition) is 8. The van der Waals surface area contributed by atoms with Crippen molar-refractivity contribution in [1.29, 1.82) is 0 Å². The third kappa shape index (κ3) is 6.64. The minimum Gasteiger partial charge on any atom is -0.444 e. The molecule has 1 aromatic carbocycles. The molecule has 1 aliphatic rings. The monoisotopic (exact) mass is 601 g/mol. The number of anilines is 2. The lowest BCUT2D eigenvalue weighted by molar-refractivity contribution is -0.137. The van der Waals surface area contributed by atoms with Crippen LogP contribution in [0.5, 0.6) is 0 Å². The normalized spacial score (nSPS) is 16.5. The van der Waals surface area contributed by atoms with Crippen LogP contribution in [0, 0.1) is 0 Å². The summed E-state index contributed by atoms with van der Waals surface area (Å²) in [7, 11) is 0. The van der Waals surface area contributed by atoms with Crippen molar-refractivity contribution in [1.82, 2.24) is 29.7 Å². The number of aromatic nitrogens is 4. The quantitative estimate of drug-likeness (QED) is 0.266. The standard InChI is InChI=1S/C28H30F3N7O3S/c1-16(23-13-33-25(42-23)36-18-7-5-17(6-8-18)28(29,30)31)35-24(39)20-11-22-21(12-32-20)34-15-38(22)19-9-10-37(14-19)26(40)41-27(2,3)4/h5-8,11-13,15-16,19H,9-10,14H2,1-4H3,(H,33,36)(H,35,39)/t16-,19-/m1/s1. The predicted molar refractivity (Wildman–Crippen MR) is 152 cm³/mol. The van der Waals surface area contributed by atoms with E-state index in [4.69, 9.17) is 4.74 Å². The zero-order valence-corrected chi connectivity index (χ0v) is 24.2. The molecule has 0 radical (unpaired) electrons. The fraction of sp³-hybridized carbons (Fsp3) is 0.393. The number of benzene rings is 1. The van der Waals surface area contributed by atoms with E-state index in [1.165, 1.54) is 23.5 Å². The molecule has 1 fully saturated rings. The fourth-order valence-electron chi connectivity index (χ4n) is 4.56. The van der Waals surface area contributed by atoms with E-state index >= 15 is 0 Å². The maximum Gasteiger partial charge on any atom is 0.416 e. The van der Waals surface area contributed by atoms with Crippen LogP contribution < -0.4 is 10.6 Å². The first-order chi connectivity index (χ1) is 19.8. The zero-order chi connectivity index (χ0) is 30.2. The number of halogens is 3. The molecule has 2 atom stereocenters. The maximum atomic E-state index is 13.1. The number of pyridine rings is 1. The Morgan fingerprint density at radius 3 is 2.52 bits per heavy atom. The lowest BCUT2D eigenvalue weighted by Gasteiger charge is -2.24. The molecule has 0 spiro atoms. The Labute approximate surface area is 243 Å². The summed E-state index contributed by atoms with van der Waals surface area (Å²) in [6, 6.07) is 5.93. The van der Waals surface area contributed by atoms with Gasteiger partial charge in [-0.3, -0.25) is 4.79 Å². The third-order valence-corrected chi connectivity index (χ3v) is 7.76. The Balaban J connectivity index is 1.23. The van der Waals surface area contributed by atoms with Crippen molar-refractivity contribution in [2.45, 2.75) is 58.0 Å². The average molecular weight is 602 g/mol. The number of nitrogens with one attached hydrogen (secondary N) is 2. The molecule has 42 heavy (non-hydrogen) atoms. The van der Waals surface area contributed by atoms with Gasteiger partial charge in [0.1, 0.15) is 16.8 Å². The number of imidazole rings is 1. The van der Waals surface area contributed by atoms with Crippen LogP contribution in [-0.4, -0.2) is 55.1 Å². The van der Waals surface area contributed by atoms with Gasteiger partial charge in [0.25, 0.3) is 5.91 Å². The molecule has 5 rings (SSSR count). The van der Waals surface area contributed by atoms with E-state index in [0.29, 0.717) is 29.4 Å². The topological polar surface area (TPSA) is 114 Å². The summed E-state index contributed by atoms with van der Waals surface area (Å²) in [5.74, 6) is -0.385. The average Bonchev–Trinajstić information content (AvgIpc) is 3.66. The van der Waals surface area contributed by atoms with Gasteiger partial charge in [-0.05, 0) is 64.4 Å². The first kappa shape index (κ1) is 29.3. The van der Waals surface area contributed by atoms with Gasteiger partial charge in [0.05, 0.1) is 35.7 Å². The number of hydrogen-bond donors (Lipinski definition) is 2. The number of ether oxygens (including phenoxy) is 1. The van der Waals surface area contributed by atoms with Crippen molar-refractivity contribution in [2.24, 2.45) is 0 Å². The van der Waals surface area contributed by atoms with Crippen LogP contribution >= 0.6 is 11.3 Å². The van der Waals surface area contributed by atoms with Crippen molar-refractivity contribution in [3.8, 4) is 0 Å². The molecule has 222 valence electrons. The second-order valence-corrected chi connectivity index (χ2v) is 12.1. The lowest BCUT2D eigenvalue weighted by Crippen LogP contribution is -2.35. The first-order valence-electron chi connectivity index (χ1n) is 13.3. The van der Waals surface area contributed by atoms with Crippen LogP contribution in [0.15, 0.2) is 49.1 Å². The Kier molecular flexibility index (Phi) is 7.84. The van der Waals surface area contributed by atoms with Gasteiger partial charge in [0, 0.05) is 29.9 Å². The molecule has 14 heteroatoms. The number of carbonyl (C=O) groups excluding carboxylic acids is 2. The number of thiazole rings is 1. The number of amides is 2. The van der Waals surface area contributed by atoms with E-state index in [1.807, 2.05) is 25.3 Å². The van der Waals surface area contributed by atoms with E-state index < -0.39 is 23.4 Å². The minimum atomic E-state index is -4.40. The summed E-state index contributed by atoms with van der Waals surface area (Å²) in [5.41, 5.74) is 0.740. The van der Waals surface area contributed by atoms with Crippen LogP contribution in [0.1, 0.15) is 67.1 Å². The molecule has 0 aliphatic carbocycles. The molecule has 2 N–H and O–H groups in total. The largest absolute Gasteiger partial charge is 0.444 e. The van der Waals surface area contributed by atoms with Gasteiger partial charge in [-0.1, -0.05) is 11.3 Å². The lowest BCUT2D eigenvalue weighted by atomic mass is 10.2. The van der Waals surface area contributed by atoms with E-state index in [1.54, 1.807) is 36.6 Å². The smallest absolute Gasteiger partial charge is 0.416 e. The molecular formula is C28H30F3N7O3S. The van der Waals surface area contributed by atoms with Crippen molar-refractivity contribution >= 4 is 45.2 Å². The van der Waals surface area contributed by atoms with Crippen LogP contribution in [0.3, 0.4) is 0 Å². The maximum absolute atomic E-state index is 13.1. The van der Waals surface area contributed by atoms with Gasteiger partial charge in [-0.2, -0.15) is 13.2 Å². The van der Waals surface area contributed by atoms with Crippen LogP contribution in [0.4, 0.5) is 28.8 Å². The molecule has 0 unspecified atom stereocenters. The Bertz CT molecular complexity index is 1590. The second kappa shape index (κ2) is 11.2. The summed E-state index contributed by atoms with van der Waals surface area (Å²) >= 11 is 1.28. The summed E-state index contributed by atoms with van der Waals surface area (Å²) in [6.45, 7) is 8.32. The van der Waals surface area contributed by atoms with Gasteiger partial charge in [-0.25, -0.2) is 19.7 Å². The van der Waals surface area contributed by atoms with Gasteiger partial charge >= 0.3 is 12.3 Å². The second-order valence-electron chi connectivity index (χ2n) is 11.0. The van der Waals surface area contributed by atoms with Gasteiger partial charge in [0.15, 0.2) is 5.13 Å². The minimum absolute atomic E-state index is 0.0208. The first-order valence-corrected chi connectivity index (χ1v) is 14.1. The van der Waals surface area contributed by atoms with Crippen LogP contribution in [-0.2, 0) is 10.9 Å². The Morgan fingerprint density at radius 1 is 1.10 bits per heavy atom. The van der Waals surface area contributed by atoms with Crippen molar-refractivity contribution < 1.29 is 27.5 Å². The Hall–Kier alpha value is -4.20. The highest BCUT2D eigenvalue weighted by Crippen LogP contribution is 2.32. The van der Waals surface area contributed by atoms with E-state index in [-0.39, 0.29) is 23.7 Å². The van der Waals surface area contributed by atoms with E-state index in [2.05, 4.69) is 25.6 Å². The molecule has 2 amide bonds. The van der Waals surface area contributed by atoms with E-state index in [9.17, 15) is 22.8 Å². The molecular weight excluding hydrogens is 571 g/mol. The molecule has 3 aromatic heterocycles. The molecule has 1 saturated heterocycles. The third-order valence-electron chi connectivity index (χ3n) is 6.66. The Morgan fingerprint density at radius 2 is 1.83 bits per heavy atom. The number of alkyl halides is 3. The predicted octanol–water partition coefficient (Wildman–Crippen LogP) is 6.32. The van der Waals surface area contributed by atoms with Crippen LogP contribution in [0.25, 0.3) is 11.0 Å². The zero-order valence-electron chi connectivity index (χ0n) is 23.4. The summed E-state index contributed by atoms with van der Waals surface area (Å²) < 4.78 is 45.9. The molecule has 4 heterocycles. The molecule has 4 aromatic rings. The molecule has 10 nitrogen and oxygen atoms in total. The van der Waals surface area contributed by atoms with E-state index in [0.717, 1.165) is 28.9 Å². The van der Waals surface area contributed by atoms with Gasteiger partial charge < -0.3 is 24.8 Å². The van der Waals surface area contributed by atoms with Gasteiger partial charge in [0.2, 0.25) is 0 Å². The van der Waals surface area contributed by atoms with Crippen molar-refractivity contribution in [3.63, 3.8) is 0 Å². The van der Waals surface area contributed by atoms with Gasteiger partial charge in [-0.15, -0.1) is 0 Å². The fourth-order valence-corrected chi connectivity index (χ4v) is 5.40. The summed E-state index contributed by atoms with van der Waals surface area (Å²) in [5, 5.41) is 6.39. The van der Waals surface area contributed by atoms with Crippen molar-refractivity contribution in [2.75, 3.05) is 18.4 Å². The number of rotatable bonds is 6.